The SMILES string of the molecule is CS(=O)(=O)CCC(O)c1nccc2ccccc12. The zero-order chi connectivity index (χ0) is 13.2. The Morgan fingerprint density at radius 2 is 2.00 bits per heavy atom. The smallest absolute Gasteiger partial charge is 0.147 e. The molecule has 0 amide bonds. The number of hydrogen-bond donors (Lipinski definition) is 1. The molecule has 1 aromatic carbocycles. The maximum Gasteiger partial charge on any atom is 0.147 e. The average Bonchev–Trinajstić information content (AvgIpc) is 2.34. The van der Waals surface area contributed by atoms with Crippen LogP contribution in [0.25, 0.3) is 10.8 Å². The van der Waals surface area contributed by atoms with E-state index < -0.39 is 15.9 Å². The molecule has 0 aliphatic rings. The Kier molecular flexibility index (Phi) is 3.63. The molecule has 1 unspecified atom stereocenters. The van der Waals surface area contributed by atoms with Gasteiger partial charge in [-0.05, 0) is 17.9 Å². The average molecular weight is 265 g/mol. The minimum Gasteiger partial charge on any atom is -0.387 e. The second kappa shape index (κ2) is 5.04. The molecule has 0 saturated heterocycles. The summed E-state index contributed by atoms with van der Waals surface area (Å²) in [5.74, 6) is -0.0426. The molecule has 1 atom stereocenters. The third kappa shape index (κ3) is 3.05. The van der Waals surface area contributed by atoms with E-state index in [1.165, 1.54) is 0 Å². The van der Waals surface area contributed by atoms with Crippen LogP contribution in [0.2, 0.25) is 0 Å². The minimum absolute atomic E-state index is 0.0426. The summed E-state index contributed by atoms with van der Waals surface area (Å²) in [6.45, 7) is 0. The summed E-state index contributed by atoms with van der Waals surface area (Å²) in [6.07, 6.45) is 2.10. The third-order valence-electron chi connectivity index (χ3n) is 2.78. The highest BCUT2D eigenvalue weighted by Crippen LogP contribution is 2.24. The fraction of sp³-hybridized carbons (Fsp3) is 0.308. The first-order valence-corrected chi connectivity index (χ1v) is 7.73. The van der Waals surface area contributed by atoms with E-state index in [1.807, 2.05) is 30.3 Å². The molecule has 2 rings (SSSR count). The predicted octanol–water partition coefficient (Wildman–Crippen LogP) is 1.70. The lowest BCUT2D eigenvalue weighted by Crippen LogP contribution is -2.09. The summed E-state index contributed by atoms with van der Waals surface area (Å²) in [6, 6.07) is 9.46. The van der Waals surface area contributed by atoms with Crippen molar-refractivity contribution in [1.82, 2.24) is 4.98 Å². The van der Waals surface area contributed by atoms with E-state index in [-0.39, 0.29) is 12.2 Å². The molecule has 5 heteroatoms. The number of rotatable bonds is 4. The monoisotopic (exact) mass is 265 g/mol. The maximum absolute atomic E-state index is 11.1. The van der Waals surface area contributed by atoms with E-state index in [2.05, 4.69) is 4.98 Å². The normalized spacial score (nSPS) is 13.7. The van der Waals surface area contributed by atoms with Gasteiger partial charge in [-0.15, -0.1) is 0 Å². The summed E-state index contributed by atoms with van der Waals surface area (Å²) in [5, 5.41) is 11.9. The van der Waals surface area contributed by atoms with Crippen molar-refractivity contribution in [2.24, 2.45) is 0 Å². The molecular formula is C13H15NO3S. The van der Waals surface area contributed by atoms with E-state index in [0.29, 0.717) is 5.69 Å². The summed E-state index contributed by atoms with van der Waals surface area (Å²) in [7, 11) is -3.07. The van der Waals surface area contributed by atoms with Gasteiger partial charge in [-0.25, -0.2) is 8.42 Å². The summed E-state index contributed by atoms with van der Waals surface area (Å²) >= 11 is 0. The standard InChI is InChI=1S/C13H15NO3S/c1-18(16,17)9-7-12(15)13-11-5-3-2-4-10(11)6-8-14-13/h2-6,8,12,15H,7,9H2,1H3. The Morgan fingerprint density at radius 1 is 1.28 bits per heavy atom. The number of sulfone groups is 1. The van der Waals surface area contributed by atoms with Crippen LogP contribution >= 0.6 is 0 Å². The number of aliphatic hydroxyl groups is 1. The van der Waals surface area contributed by atoms with Gasteiger partial charge in [0.25, 0.3) is 0 Å². The molecular weight excluding hydrogens is 250 g/mol. The predicted molar refractivity (Wildman–Crippen MR) is 71.0 cm³/mol. The Morgan fingerprint density at radius 3 is 2.72 bits per heavy atom. The first kappa shape index (κ1) is 13.0. The van der Waals surface area contributed by atoms with Crippen molar-refractivity contribution in [2.45, 2.75) is 12.5 Å². The summed E-state index contributed by atoms with van der Waals surface area (Å²) < 4.78 is 22.2. The van der Waals surface area contributed by atoms with E-state index in [4.69, 9.17) is 0 Å². The van der Waals surface area contributed by atoms with Crippen LogP contribution in [0.1, 0.15) is 18.2 Å². The number of nitrogens with zero attached hydrogens (tertiary/aromatic N) is 1. The fourth-order valence-corrected chi connectivity index (χ4v) is 2.52. The van der Waals surface area contributed by atoms with Gasteiger partial charge in [0.15, 0.2) is 0 Å². The molecule has 0 saturated carbocycles. The number of hydrogen-bond acceptors (Lipinski definition) is 4. The van der Waals surface area contributed by atoms with Crippen LogP contribution in [0.5, 0.6) is 0 Å². The van der Waals surface area contributed by atoms with E-state index in [9.17, 15) is 13.5 Å². The van der Waals surface area contributed by atoms with Gasteiger partial charge in [-0.3, -0.25) is 4.98 Å². The van der Waals surface area contributed by atoms with Crippen molar-refractivity contribution >= 4 is 20.6 Å². The molecule has 0 radical (unpaired) electrons. The summed E-state index contributed by atoms with van der Waals surface area (Å²) in [4.78, 5) is 4.16. The van der Waals surface area contributed by atoms with Gasteiger partial charge in [0.1, 0.15) is 9.84 Å². The lowest BCUT2D eigenvalue weighted by atomic mass is 10.1. The highest BCUT2D eigenvalue weighted by Gasteiger charge is 2.15. The van der Waals surface area contributed by atoms with E-state index in [1.54, 1.807) is 6.20 Å². The molecule has 0 aliphatic carbocycles. The quantitative estimate of drug-likeness (QED) is 0.913. The Labute approximate surface area is 106 Å². The number of benzene rings is 1. The molecule has 18 heavy (non-hydrogen) atoms. The van der Waals surface area contributed by atoms with Crippen LogP contribution in [0.3, 0.4) is 0 Å². The molecule has 1 N–H and O–H groups in total. The van der Waals surface area contributed by atoms with Gasteiger partial charge < -0.3 is 5.11 Å². The van der Waals surface area contributed by atoms with Gasteiger partial charge in [0, 0.05) is 17.8 Å². The summed E-state index contributed by atoms with van der Waals surface area (Å²) in [5.41, 5.74) is 0.539. The van der Waals surface area contributed by atoms with Crippen molar-refractivity contribution in [3.8, 4) is 0 Å². The van der Waals surface area contributed by atoms with Crippen LogP contribution < -0.4 is 0 Å². The first-order valence-electron chi connectivity index (χ1n) is 5.67. The molecule has 1 aromatic heterocycles. The second-order valence-corrected chi connectivity index (χ2v) is 6.61. The molecule has 0 aliphatic heterocycles. The Bertz CT molecular complexity index is 647. The molecule has 0 spiro atoms. The fourth-order valence-electron chi connectivity index (χ4n) is 1.87. The number of aliphatic hydroxyl groups excluding tert-OH is 1. The first-order chi connectivity index (χ1) is 8.47. The van der Waals surface area contributed by atoms with E-state index in [0.717, 1.165) is 17.0 Å². The second-order valence-electron chi connectivity index (χ2n) is 4.35. The van der Waals surface area contributed by atoms with Crippen LogP contribution in [0.15, 0.2) is 36.5 Å². The Hall–Kier alpha value is -1.46. The molecule has 1 heterocycles. The highest BCUT2D eigenvalue weighted by atomic mass is 32.2. The van der Waals surface area contributed by atoms with Gasteiger partial charge in [-0.2, -0.15) is 0 Å². The van der Waals surface area contributed by atoms with Crippen LogP contribution in [0, 0.1) is 0 Å². The lowest BCUT2D eigenvalue weighted by molar-refractivity contribution is 0.171. The molecule has 4 nitrogen and oxygen atoms in total. The van der Waals surface area contributed by atoms with E-state index >= 15 is 0 Å². The third-order valence-corrected chi connectivity index (χ3v) is 3.76. The van der Waals surface area contributed by atoms with Crippen molar-refractivity contribution in [2.75, 3.05) is 12.0 Å². The van der Waals surface area contributed by atoms with Crippen molar-refractivity contribution in [1.29, 1.82) is 0 Å². The lowest BCUT2D eigenvalue weighted by Gasteiger charge is -2.11. The Balaban J connectivity index is 2.30. The highest BCUT2D eigenvalue weighted by molar-refractivity contribution is 7.90. The number of fused-ring (bicyclic) bond motifs is 1. The van der Waals surface area contributed by atoms with Crippen molar-refractivity contribution in [3.05, 3.63) is 42.2 Å². The van der Waals surface area contributed by atoms with Crippen LogP contribution in [-0.4, -0.2) is 30.5 Å². The number of pyridine rings is 1. The van der Waals surface area contributed by atoms with Crippen LogP contribution in [0.4, 0.5) is 0 Å². The largest absolute Gasteiger partial charge is 0.387 e. The topological polar surface area (TPSA) is 67.3 Å². The van der Waals surface area contributed by atoms with Crippen LogP contribution in [-0.2, 0) is 9.84 Å². The molecule has 96 valence electrons. The zero-order valence-corrected chi connectivity index (χ0v) is 10.9. The van der Waals surface area contributed by atoms with Gasteiger partial charge >= 0.3 is 0 Å². The molecule has 0 fully saturated rings. The maximum atomic E-state index is 11.1. The zero-order valence-electron chi connectivity index (χ0n) is 10.1. The van der Waals surface area contributed by atoms with Gasteiger partial charge in [0.2, 0.25) is 0 Å². The minimum atomic E-state index is -3.07. The van der Waals surface area contributed by atoms with Crippen molar-refractivity contribution < 1.29 is 13.5 Å². The van der Waals surface area contributed by atoms with Crippen molar-refractivity contribution in [3.63, 3.8) is 0 Å². The molecule has 2 aromatic rings. The number of aromatic nitrogens is 1. The van der Waals surface area contributed by atoms with Gasteiger partial charge in [-0.1, -0.05) is 24.3 Å². The van der Waals surface area contributed by atoms with Gasteiger partial charge in [0.05, 0.1) is 17.6 Å². The molecule has 0 bridgehead atoms.